The van der Waals surface area contributed by atoms with Gasteiger partial charge in [-0.15, -0.1) is 15.3 Å². The lowest BCUT2D eigenvalue weighted by Gasteiger charge is -1.97. The highest BCUT2D eigenvalue weighted by Gasteiger charge is 1.95. The van der Waals surface area contributed by atoms with Crippen molar-refractivity contribution in [2.45, 2.75) is 6.92 Å². The number of nitrogens with zero attached hydrogens (tertiary/aromatic N) is 4. The third kappa shape index (κ3) is 4.03. The van der Waals surface area contributed by atoms with Crippen molar-refractivity contribution in [3.8, 4) is 6.07 Å². The molecule has 0 saturated heterocycles. The molecular formula is C15H13N5. The molecule has 5 nitrogen and oxygen atoms in total. The maximum atomic E-state index is 8.95. The van der Waals surface area contributed by atoms with Gasteiger partial charge < -0.3 is 0 Å². The number of nitriles is 1. The topological polar surface area (TPSA) is 72.9 Å². The predicted octanol–water partition coefficient (Wildman–Crippen LogP) is 4.03. The van der Waals surface area contributed by atoms with Crippen LogP contribution < -0.4 is 5.43 Å². The molecule has 0 amide bonds. The molecule has 98 valence electrons. The molecule has 5 heteroatoms. The monoisotopic (exact) mass is 263 g/mol. The molecule has 2 rings (SSSR count). The van der Waals surface area contributed by atoms with E-state index in [-0.39, 0.29) is 5.84 Å². The van der Waals surface area contributed by atoms with Gasteiger partial charge in [0.1, 0.15) is 6.07 Å². The Morgan fingerprint density at radius 1 is 1.05 bits per heavy atom. The maximum absolute atomic E-state index is 8.95. The van der Waals surface area contributed by atoms with Gasteiger partial charge in [0.2, 0.25) is 0 Å². The Hall–Kier alpha value is -3.00. The van der Waals surface area contributed by atoms with Gasteiger partial charge in [0.25, 0.3) is 5.84 Å². The summed E-state index contributed by atoms with van der Waals surface area (Å²) < 4.78 is 0. The van der Waals surface area contributed by atoms with E-state index < -0.39 is 0 Å². The van der Waals surface area contributed by atoms with E-state index in [1.165, 1.54) is 0 Å². The fourth-order valence-electron chi connectivity index (χ4n) is 1.42. The average molecular weight is 263 g/mol. The average Bonchev–Trinajstić information content (AvgIpc) is 2.50. The number of hydrogen-bond acceptors (Lipinski definition) is 4. The van der Waals surface area contributed by atoms with Crippen LogP contribution >= 0.6 is 0 Å². The van der Waals surface area contributed by atoms with Crippen LogP contribution in [0.2, 0.25) is 0 Å². The molecule has 20 heavy (non-hydrogen) atoms. The number of hydrogen-bond donors (Lipinski definition) is 1. The first-order chi connectivity index (χ1) is 9.78. The van der Waals surface area contributed by atoms with E-state index in [2.05, 4.69) is 20.8 Å². The van der Waals surface area contributed by atoms with Crippen LogP contribution in [-0.2, 0) is 0 Å². The second-order valence-corrected chi connectivity index (χ2v) is 4.06. The summed E-state index contributed by atoms with van der Waals surface area (Å²) >= 11 is 0. The van der Waals surface area contributed by atoms with E-state index in [4.69, 9.17) is 5.26 Å². The minimum absolute atomic E-state index is 0.0329. The van der Waals surface area contributed by atoms with Gasteiger partial charge in [0.15, 0.2) is 0 Å². The van der Waals surface area contributed by atoms with Gasteiger partial charge in [0, 0.05) is 0 Å². The summed E-state index contributed by atoms with van der Waals surface area (Å²) in [4.78, 5) is 0. The van der Waals surface area contributed by atoms with E-state index in [0.717, 1.165) is 11.3 Å². The Bertz CT molecular complexity index is 651. The Morgan fingerprint density at radius 3 is 2.40 bits per heavy atom. The van der Waals surface area contributed by atoms with E-state index in [9.17, 15) is 0 Å². The van der Waals surface area contributed by atoms with Gasteiger partial charge in [-0.2, -0.15) is 5.26 Å². The third-order valence-corrected chi connectivity index (χ3v) is 2.46. The van der Waals surface area contributed by atoms with Crippen LogP contribution in [-0.4, -0.2) is 5.84 Å². The summed E-state index contributed by atoms with van der Waals surface area (Å²) in [5.74, 6) is -0.0329. The minimum atomic E-state index is -0.0329. The first-order valence-corrected chi connectivity index (χ1v) is 6.05. The summed E-state index contributed by atoms with van der Waals surface area (Å²) in [5, 5.41) is 20.6. The number of para-hydroxylation sites is 1. The Kier molecular flexibility index (Phi) is 4.57. The molecule has 0 aliphatic heterocycles. The zero-order chi connectivity index (χ0) is 14.2. The number of benzene rings is 2. The van der Waals surface area contributed by atoms with Crippen LogP contribution in [0.15, 0.2) is 69.9 Å². The van der Waals surface area contributed by atoms with E-state index in [1.54, 1.807) is 0 Å². The van der Waals surface area contributed by atoms with Crippen LogP contribution in [0.25, 0.3) is 0 Å². The number of rotatable bonds is 3. The van der Waals surface area contributed by atoms with E-state index in [0.29, 0.717) is 5.69 Å². The van der Waals surface area contributed by atoms with Crippen molar-refractivity contribution in [3.63, 3.8) is 0 Å². The van der Waals surface area contributed by atoms with Crippen molar-refractivity contribution < 1.29 is 0 Å². The fraction of sp³-hybridized carbons (Fsp3) is 0.0667. The summed E-state index contributed by atoms with van der Waals surface area (Å²) in [6.07, 6.45) is 0. The fourth-order valence-corrected chi connectivity index (χ4v) is 1.42. The Labute approximate surface area is 117 Å². The zero-order valence-corrected chi connectivity index (χ0v) is 11.0. The summed E-state index contributed by atoms with van der Waals surface area (Å²) in [7, 11) is 0. The standard InChI is InChI=1S/C15H13N5/c1-12-7-9-14(10-8-12)18-20-15(11-16)19-17-13-5-3-2-4-6-13/h2-10,17H,1H3. The molecule has 0 heterocycles. The first-order valence-electron chi connectivity index (χ1n) is 6.05. The molecule has 0 unspecified atom stereocenters. The molecule has 0 spiro atoms. The highest BCUT2D eigenvalue weighted by molar-refractivity contribution is 5.97. The van der Waals surface area contributed by atoms with Crippen LogP contribution in [0.3, 0.4) is 0 Å². The van der Waals surface area contributed by atoms with Gasteiger partial charge in [-0.25, -0.2) is 0 Å². The van der Waals surface area contributed by atoms with Crippen molar-refractivity contribution in [1.82, 2.24) is 0 Å². The van der Waals surface area contributed by atoms with Crippen molar-refractivity contribution in [3.05, 3.63) is 60.2 Å². The quantitative estimate of drug-likeness (QED) is 0.393. The van der Waals surface area contributed by atoms with Gasteiger partial charge in [-0.3, -0.25) is 5.43 Å². The van der Waals surface area contributed by atoms with Gasteiger partial charge in [-0.1, -0.05) is 35.9 Å². The number of amidine groups is 1. The predicted molar refractivity (Wildman–Crippen MR) is 78.8 cm³/mol. The number of nitrogens with one attached hydrogen (secondary N) is 1. The molecule has 0 aliphatic rings. The molecule has 1 N–H and O–H groups in total. The molecule has 0 bridgehead atoms. The number of azo groups is 1. The highest BCUT2D eigenvalue weighted by Crippen LogP contribution is 2.13. The molecule has 0 saturated carbocycles. The van der Waals surface area contributed by atoms with Gasteiger partial charge >= 0.3 is 0 Å². The van der Waals surface area contributed by atoms with Crippen molar-refractivity contribution in [2.75, 3.05) is 5.43 Å². The minimum Gasteiger partial charge on any atom is -0.276 e. The lowest BCUT2D eigenvalue weighted by atomic mass is 10.2. The Balaban J connectivity index is 2.05. The van der Waals surface area contributed by atoms with E-state index >= 15 is 0 Å². The SMILES string of the molecule is Cc1ccc(N=NC(C#N)=NNc2ccccc2)cc1. The first kappa shape index (κ1) is 13.4. The second-order valence-electron chi connectivity index (χ2n) is 4.06. The molecule has 0 atom stereocenters. The van der Waals surface area contributed by atoms with Crippen molar-refractivity contribution >= 4 is 17.2 Å². The summed E-state index contributed by atoms with van der Waals surface area (Å²) in [6, 6.07) is 18.7. The summed E-state index contributed by atoms with van der Waals surface area (Å²) in [6.45, 7) is 1.99. The normalized spacial score (nSPS) is 11.3. The number of hydrazone groups is 1. The zero-order valence-electron chi connectivity index (χ0n) is 11.0. The maximum Gasteiger partial charge on any atom is 0.270 e. The molecular weight excluding hydrogens is 250 g/mol. The largest absolute Gasteiger partial charge is 0.276 e. The summed E-state index contributed by atoms with van der Waals surface area (Å²) in [5.41, 5.74) is 5.36. The molecule has 2 aromatic rings. The van der Waals surface area contributed by atoms with E-state index in [1.807, 2.05) is 67.6 Å². The third-order valence-electron chi connectivity index (χ3n) is 2.46. The smallest absolute Gasteiger partial charge is 0.270 e. The molecule has 2 aromatic carbocycles. The molecule has 0 radical (unpaired) electrons. The van der Waals surface area contributed by atoms with Crippen LogP contribution in [0.4, 0.5) is 11.4 Å². The lowest BCUT2D eigenvalue weighted by Crippen LogP contribution is -1.95. The molecule has 0 aliphatic carbocycles. The molecule has 0 fully saturated rings. The van der Waals surface area contributed by atoms with Crippen LogP contribution in [0, 0.1) is 18.3 Å². The van der Waals surface area contributed by atoms with Gasteiger partial charge in [0.05, 0.1) is 11.4 Å². The lowest BCUT2D eigenvalue weighted by molar-refractivity contribution is 1.23. The van der Waals surface area contributed by atoms with Crippen molar-refractivity contribution in [2.24, 2.45) is 15.3 Å². The number of aryl methyl sites for hydroxylation is 1. The highest BCUT2D eigenvalue weighted by atomic mass is 15.3. The second kappa shape index (κ2) is 6.81. The molecule has 0 aromatic heterocycles. The van der Waals surface area contributed by atoms with Gasteiger partial charge in [-0.05, 0) is 31.2 Å². The Morgan fingerprint density at radius 2 is 1.75 bits per heavy atom. The van der Waals surface area contributed by atoms with Crippen LogP contribution in [0.5, 0.6) is 0 Å². The number of anilines is 1. The van der Waals surface area contributed by atoms with Crippen LogP contribution in [0.1, 0.15) is 5.56 Å². The van der Waals surface area contributed by atoms with Crippen molar-refractivity contribution in [1.29, 1.82) is 5.26 Å².